The van der Waals surface area contributed by atoms with Gasteiger partial charge in [-0.1, -0.05) is 23.7 Å². The lowest BCUT2D eigenvalue weighted by Crippen LogP contribution is -2.52. The van der Waals surface area contributed by atoms with E-state index in [1.54, 1.807) is 12.7 Å². The quantitative estimate of drug-likeness (QED) is 0.749. The van der Waals surface area contributed by atoms with E-state index in [1.807, 2.05) is 33.8 Å². The van der Waals surface area contributed by atoms with Crippen molar-refractivity contribution in [1.29, 1.82) is 0 Å². The number of piperazine rings is 1. The lowest BCUT2D eigenvalue weighted by atomic mass is 10.1. The van der Waals surface area contributed by atoms with Crippen molar-refractivity contribution in [2.75, 3.05) is 39.3 Å². The summed E-state index contributed by atoms with van der Waals surface area (Å²) in [5.74, 6) is 0. The minimum atomic E-state index is 0.0389. The molecule has 0 aliphatic carbocycles. The van der Waals surface area contributed by atoms with Gasteiger partial charge in [0.25, 0.3) is 0 Å². The van der Waals surface area contributed by atoms with Gasteiger partial charge in [-0.3, -0.25) is 9.58 Å². The van der Waals surface area contributed by atoms with E-state index in [-0.39, 0.29) is 6.03 Å². The Labute approximate surface area is 158 Å². The second-order valence-electron chi connectivity index (χ2n) is 6.45. The van der Waals surface area contributed by atoms with E-state index < -0.39 is 0 Å². The molecule has 1 fully saturated rings. The van der Waals surface area contributed by atoms with Crippen LogP contribution in [0.15, 0.2) is 36.9 Å². The molecule has 2 heterocycles. The molecule has 140 valence electrons. The number of aromatic nitrogens is 3. The Morgan fingerprint density at radius 3 is 2.58 bits per heavy atom. The van der Waals surface area contributed by atoms with Crippen LogP contribution >= 0.6 is 11.6 Å². The molecule has 8 heteroatoms. The van der Waals surface area contributed by atoms with E-state index in [4.69, 9.17) is 11.6 Å². The highest BCUT2D eigenvalue weighted by Gasteiger charge is 2.20. The molecule has 0 bridgehead atoms. The summed E-state index contributed by atoms with van der Waals surface area (Å²) in [5, 5.41) is 7.89. The SMILES string of the molecule is O=C(NCCCc1ccc(Cl)cc1)N1CCN(CCn2cncn2)CC1. The van der Waals surface area contributed by atoms with Crippen molar-refractivity contribution >= 4 is 17.6 Å². The Bertz CT molecular complexity index is 667. The predicted octanol–water partition coefficient (Wildman–Crippen LogP) is 1.89. The lowest BCUT2D eigenvalue weighted by Gasteiger charge is -2.34. The van der Waals surface area contributed by atoms with E-state index in [2.05, 4.69) is 20.3 Å². The molecule has 1 N–H and O–H groups in total. The lowest BCUT2D eigenvalue weighted by molar-refractivity contribution is 0.136. The molecule has 3 rings (SSSR count). The summed E-state index contributed by atoms with van der Waals surface area (Å²) in [6.07, 6.45) is 5.14. The van der Waals surface area contributed by atoms with E-state index in [0.717, 1.165) is 57.1 Å². The molecule has 2 aromatic rings. The summed E-state index contributed by atoms with van der Waals surface area (Å²) in [7, 11) is 0. The Morgan fingerprint density at radius 1 is 1.12 bits per heavy atom. The molecule has 0 spiro atoms. The van der Waals surface area contributed by atoms with Crippen molar-refractivity contribution < 1.29 is 4.79 Å². The molecule has 1 saturated heterocycles. The maximum atomic E-state index is 12.3. The third kappa shape index (κ3) is 5.71. The Kier molecular flexibility index (Phi) is 6.85. The van der Waals surface area contributed by atoms with Crippen molar-refractivity contribution in [3.8, 4) is 0 Å². The summed E-state index contributed by atoms with van der Waals surface area (Å²) in [6.45, 7) is 5.77. The summed E-state index contributed by atoms with van der Waals surface area (Å²) >= 11 is 5.88. The number of urea groups is 1. The number of benzene rings is 1. The zero-order valence-electron chi connectivity index (χ0n) is 14.9. The van der Waals surface area contributed by atoms with Gasteiger partial charge in [-0.05, 0) is 30.5 Å². The fourth-order valence-corrected chi connectivity index (χ4v) is 3.14. The van der Waals surface area contributed by atoms with E-state index in [0.29, 0.717) is 6.54 Å². The summed E-state index contributed by atoms with van der Waals surface area (Å²) < 4.78 is 1.83. The number of nitrogens with one attached hydrogen (secondary N) is 1. The molecule has 0 unspecified atom stereocenters. The van der Waals surface area contributed by atoms with Crippen LogP contribution in [0.4, 0.5) is 4.79 Å². The number of halogens is 1. The number of nitrogens with zero attached hydrogens (tertiary/aromatic N) is 5. The maximum Gasteiger partial charge on any atom is 0.317 e. The van der Waals surface area contributed by atoms with Gasteiger partial charge >= 0.3 is 6.03 Å². The van der Waals surface area contributed by atoms with Gasteiger partial charge in [0.15, 0.2) is 0 Å². The third-order valence-electron chi connectivity index (χ3n) is 4.60. The third-order valence-corrected chi connectivity index (χ3v) is 4.86. The molecule has 1 aliphatic heterocycles. The van der Waals surface area contributed by atoms with Crippen LogP contribution in [0.5, 0.6) is 0 Å². The molecule has 1 aromatic heterocycles. The Morgan fingerprint density at radius 2 is 1.88 bits per heavy atom. The van der Waals surface area contributed by atoms with E-state index >= 15 is 0 Å². The van der Waals surface area contributed by atoms with Gasteiger partial charge < -0.3 is 10.2 Å². The van der Waals surface area contributed by atoms with Crippen LogP contribution in [0.2, 0.25) is 5.02 Å². The van der Waals surface area contributed by atoms with Gasteiger partial charge in [0.05, 0.1) is 6.54 Å². The number of hydrogen-bond acceptors (Lipinski definition) is 4. The molecule has 0 atom stereocenters. The number of aryl methyl sites for hydroxylation is 1. The van der Waals surface area contributed by atoms with Crippen LogP contribution < -0.4 is 5.32 Å². The standard InChI is InChI=1S/C18H25ClN6O/c19-17-5-3-16(4-6-17)2-1-7-21-18(26)24-11-8-23(9-12-24)10-13-25-15-20-14-22-25/h3-6,14-15H,1-2,7-13H2,(H,21,26). The second kappa shape index (κ2) is 9.54. The average Bonchev–Trinajstić information content (AvgIpc) is 3.19. The predicted molar refractivity (Wildman–Crippen MR) is 101 cm³/mol. The fraction of sp³-hybridized carbons (Fsp3) is 0.500. The Hall–Kier alpha value is -2.12. The van der Waals surface area contributed by atoms with Crippen molar-refractivity contribution in [3.63, 3.8) is 0 Å². The van der Waals surface area contributed by atoms with Crippen molar-refractivity contribution in [2.24, 2.45) is 0 Å². The van der Waals surface area contributed by atoms with Gasteiger partial charge in [-0.15, -0.1) is 0 Å². The van der Waals surface area contributed by atoms with E-state index in [9.17, 15) is 4.79 Å². The van der Waals surface area contributed by atoms with Crippen molar-refractivity contribution in [1.82, 2.24) is 29.9 Å². The van der Waals surface area contributed by atoms with Crippen LogP contribution in [0, 0.1) is 0 Å². The van der Waals surface area contributed by atoms with Crippen molar-refractivity contribution in [2.45, 2.75) is 19.4 Å². The number of hydrogen-bond donors (Lipinski definition) is 1. The molecular weight excluding hydrogens is 352 g/mol. The molecule has 1 aromatic carbocycles. The molecular formula is C18H25ClN6O. The second-order valence-corrected chi connectivity index (χ2v) is 6.89. The van der Waals surface area contributed by atoms with Crippen LogP contribution in [0.25, 0.3) is 0 Å². The summed E-state index contributed by atoms with van der Waals surface area (Å²) in [4.78, 5) is 20.5. The highest BCUT2D eigenvalue weighted by Crippen LogP contribution is 2.10. The fourth-order valence-electron chi connectivity index (χ4n) is 3.02. The number of amides is 2. The van der Waals surface area contributed by atoms with Crippen LogP contribution in [-0.4, -0.2) is 69.9 Å². The first-order chi connectivity index (χ1) is 12.7. The highest BCUT2D eigenvalue weighted by atomic mass is 35.5. The summed E-state index contributed by atoms with van der Waals surface area (Å²) in [6, 6.07) is 7.90. The maximum absolute atomic E-state index is 12.3. The van der Waals surface area contributed by atoms with Gasteiger partial charge in [-0.25, -0.2) is 9.78 Å². The smallest absolute Gasteiger partial charge is 0.317 e. The highest BCUT2D eigenvalue weighted by molar-refractivity contribution is 6.30. The topological polar surface area (TPSA) is 66.3 Å². The number of carbonyl (C=O) groups is 1. The molecule has 0 radical (unpaired) electrons. The molecule has 0 saturated carbocycles. The van der Waals surface area contributed by atoms with Gasteiger partial charge in [-0.2, -0.15) is 5.10 Å². The van der Waals surface area contributed by atoms with Crippen LogP contribution in [0.3, 0.4) is 0 Å². The molecule has 1 aliphatic rings. The minimum absolute atomic E-state index is 0.0389. The first-order valence-electron chi connectivity index (χ1n) is 9.03. The van der Waals surface area contributed by atoms with Crippen LogP contribution in [-0.2, 0) is 13.0 Å². The van der Waals surface area contributed by atoms with Gasteiger partial charge in [0, 0.05) is 44.3 Å². The van der Waals surface area contributed by atoms with Gasteiger partial charge in [0.2, 0.25) is 0 Å². The van der Waals surface area contributed by atoms with Crippen molar-refractivity contribution in [3.05, 3.63) is 47.5 Å². The first kappa shape index (κ1) is 18.7. The van der Waals surface area contributed by atoms with E-state index in [1.165, 1.54) is 5.56 Å². The number of carbonyl (C=O) groups excluding carboxylic acids is 1. The zero-order chi connectivity index (χ0) is 18.2. The Balaban J connectivity index is 1.29. The molecule has 26 heavy (non-hydrogen) atoms. The first-order valence-corrected chi connectivity index (χ1v) is 9.40. The van der Waals surface area contributed by atoms with Crippen LogP contribution in [0.1, 0.15) is 12.0 Å². The molecule has 7 nitrogen and oxygen atoms in total. The molecule has 2 amide bonds. The average molecular weight is 377 g/mol. The van der Waals surface area contributed by atoms with Gasteiger partial charge in [0.1, 0.15) is 12.7 Å². The monoisotopic (exact) mass is 376 g/mol. The summed E-state index contributed by atoms with van der Waals surface area (Å²) in [5.41, 5.74) is 1.24. The normalized spacial score (nSPS) is 15.2. The largest absolute Gasteiger partial charge is 0.338 e. The number of rotatable bonds is 7. The zero-order valence-corrected chi connectivity index (χ0v) is 15.6. The minimum Gasteiger partial charge on any atom is -0.338 e.